The molecule has 1 fully saturated rings. The Kier molecular flexibility index (Phi) is 3.55. The molecule has 0 amide bonds. The number of nitrogens with one attached hydrogen (secondary N) is 1. The molecule has 2 aromatic rings. The molecule has 0 saturated heterocycles. The van der Waals surface area contributed by atoms with Gasteiger partial charge in [0, 0.05) is 12.6 Å². The van der Waals surface area contributed by atoms with Crippen LogP contribution in [0, 0.1) is 5.92 Å². The van der Waals surface area contributed by atoms with Gasteiger partial charge in [0.05, 0.1) is 5.52 Å². The lowest BCUT2D eigenvalue weighted by molar-refractivity contribution is 0.334. The van der Waals surface area contributed by atoms with Crippen LogP contribution in [0.25, 0.3) is 11.0 Å². The van der Waals surface area contributed by atoms with Crippen LogP contribution in [-0.4, -0.2) is 27.8 Å². The fourth-order valence-electron chi connectivity index (χ4n) is 2.71. The highest BCUT2D eigenvalue weighted by molar-refractivity contribution is 5.73. The number of aromatic nitrogens is 3. The third kappa shape index (κ3) is 2.98. The molecule has 1 aliphatic carbocycles. The van der Waals surface area contributed by atoms with Crippen LogP contribution in [0.15, 0.2) is 24.3 Å². The lowest BCUT2D eigenvalue weighted by Gasteiger charge is -2.26. The van der Waals surface area contributed by atoms with Crippen LogP contribution in [0.1, 0.15) is 25.7 Å². The molecule has 1 aromatic heterocycles. The van der Waals surface area contributed by atoms with Gasteiger partial charge < -0.3 is 11.1 Å². The Morgan fingerprint density at radius 1 is 1.16 bits per heavy atom. The Morgan fingerprint density at radius 3 is 2.84 bits per heavy atom. The monoisotopic (exact) mass is 257 g/mol. The summed E-state index contributed by atoms with van der Waals surface area (Å²) in [5, 5.41) is 11.6. The minimum atomic E-state index is 0.358. The summed E-state index contributed by atoms with van der Waals surface area (Å²) in [5.74, 6) is 1.23. The standard InChI is InChI=1S/C14H19N5/c15-11-5-3-4-10(8-11)9-16-14-17-12-6-1-2-7-13(12)18-19-14/h1-2,6-7,10-11H,3-5,8-9,15H2,(H,16,17,19). The largest absolute Gasteiger partial charge is 0.353 e. The maximum Gasteiger partial charge on any atom is 0.243 e. The fourth-order valence-corrected chi connectivity index (χ4v) is 2.71. The van der Waals surface area contributed by atoms with Crippen LogP contribution >= 0.6 is 0 Å². The molecule has 0 aliphatic heterocycles. The van der Waals surface area contributed by atoms with Gasteiger partial charge in [-0.1, -0.05) is 18.6 Å². The van der Waals surface area contributed by atoms with Gasteiger partial charge in [-0.25, -0.2) is 4.98 Å². The second-order valence-corrected chi connectivity index (χ2v) is 5.30. The molecule has 1 aromatic carbocycles. The molecule has 0 bridgehead atoms. The molecule has 3 rings (SSSR count). The molecular weight excluding hydrogens is 238 g/mol. The molecule has 1 aliphatic rings. The third-order valence-corrected chi connectivity index (χ3v) is 3.73. The van der Waals surface area contributed by atoms with Crippen molar-refractivity contribution >= 4 is 17.0 Å². The van der Waals surface area contributed by atoms with Crippen molar-refractivity contribution in [2.24, 2.45) is 11.7 Å². The smallest absolute Gasteiger partial charge is 0.243 e. The van der Waals surface area contributed by atoms with Gasteiger partial charge in [0.15, 0.2) is 0 Å². The van der Waals surface area contributed by atoms with Crippen molar-refractivity contribution in [2.75, 3.05) is 11.9 Å². The Hall–Kier alpha value is -1.75. The number of hydrogen-bond donors (Lipinski definition) is 2. The van der Waals surface area contributed by atoms with E-state index >= 15 is 0 Å². The first kappa shape index (κ1) is 12.3. The Bertz CT molecular complexity index is 556. The van der Waals surface area contributed by atoms with E-state index in [1.807, 2.05) is 24.3 Å². The van der Waals surface area contributed by atoms with Gasteiger partial charge in [-0.3, -0.25) is 0 Å². The van der Waals surface area contributed by atoms with Crippen LogP contribution in [0.2, 0.25) is 0 Å². The van der Waals surface area contributed by atoms with E-state index in [0.29, 0.717) is 17.9 Å². The van der Waals surface area contributed by atoms with E-state index in [9.17, 15) is 0 Å². The molecule has 0 radical (unpaired) electrons. The predicted molar refractivity (Wildman–Crippen MR) is 75.8 cm³/mol. The van der Waals surface area contributed by atoms with E-state index in [1.165, 1.54) is 12.8 Å². The Morgan fingerprint density at radius 2 is 2.00 bits per heavy atom. The van der Waals surface area contributed by atoms with Crippen molar-refractivity contribution in [1.29, 1.82) is 0 Å². The summed E-state index contributed by atoms with van der Waals surface area (Å²) in [7, 11) is 0. The number of hydrogen-bond acceptors (Lipinski definition) is 5. The fraction of sp³-hybridized carbons (Fsp3) is 0.500. The van der Waals surface area contributed by atoms with E-state index in [1.54, 1.807) is 0 Å². The first-order chi connectivity index (χ1) is 9.31. The summed E-state index contributed by atoms with van der Waals surface area (Å²) in [4.78, 5) is 4.46. The van der Waals surface area contributed by atoms with E-state index in [-0.39, 0.29) is 0 Å². The van der Waals surface area contributed by atoms with Crippen molar-refractivity contribution < 1.29 is 0 Å². The average Bonchev–Trinajstić information content (AvgIpc) is 2.45. The van der Waals surface area contributed by atoms with Crippen LogP contribution in [0.5, 0.6) is 0 Å². The van der Waals surface area contributed by atoms with E-state index in [2.05, 4.69) is 20.5 Å². The highest BCUT2D eigenvalue weighted by Crippen LogP contribution is 2.23. The van der Waals surface area contributed by atoms with Crippen LogP contribution in [0.3, 0.4) is 0 Å². The van der Waals surface area contributed by atoms with Gasteiger partial charge in [-0.2, -0.15) is 0 Å². The highest BCUT2D eigenvalue weighted by Gasteiger charge is 2.19. The highest BCUT2D eigenvalue weighted by atomic mass is 15.2. The van der Waals surface area contributed by atoms with E-state index < -0.39 is 0 Å². The van der Waals surface area contributed by atoms with Crippen molar-refractivity contribution in [3.05, 3.63) is 24.3 Å². The van der Waals surface area contributed by atoms with Crippen molar-refractivity contribution in [3.63, 3.8) is 0 Å². The van der Waals surface area contributed by atoms with Gasteiger partial charge in [0.2, 0.25) is 5.95 Å². The van der Waals surface area contributed by atoms with Gasteiger partial charge in [-0.15, -0.1) is 10.2 Å². The van der Waals surface area contributed by atoms with Gasteiger partial charge >= 0.3 is 0 Å². The van der Waals surface area contributed by atoms with Crippen LogP contribution in [0.4, 0.5) is 5.95 Å². The lowest BCUT2D eigenvalue weighted by atomic mass is 9.86. The molecule has 5 heteroatoms. The SMILES string of the molecule is NC1CCCC(CNc2nnc3ccccc3n2)C1. The van der Waals surface area contributed by atoms with Gasteiger partial charge in [0.1, 0.15) is 5.52 Å². The summed E-state index contributed by atoms with van der Waals surface area (Å²) in [5.41, 5.74) is 7.70. The van der Waals surface area contributed by atoms with Gasteiger partial charge in [0.25, 0.3) is 0 Å². The average molecular weight is 257 g/mol. The summed E-state index contributed by atoms with van der Waals surface area (Å²) < 4.78 is 0. The molecule has 2 unspecified atom stereocenters. The molecular formula is C14H19N5. The minimum Gasteiger partial charge on any atom is -0.353 e. The Balaban J connectivity index is 1.64. The van der Waals surface area contributed by atoms with Crippen molar-refractivity contribution in [2.45, 2.75) is 31.7 Å². The molecule has 5 nitrogen and oxygen atoms in total. The predicted octanol–water partition coefficient (Wildman–Crippen LogP) is 1.95. The summed E-state index contributed by atoms with van der Waals surface area (Å²) >= 11 is 0. The van der Waals surface area contributed by atoms with Crippen LogP contribution in [-0.2, 0) is 0 Å². The molecule has 1 heterocycles. The molecule has 2 atom stereocenters. The zero-order valence-electron chi connectivity index (χ0n) is 10.9. The second kappa shape index (κ2) is 5.48. The third-order valence-electron chi connectivity index (χ3n) is 3.73. The zero-order valence-corrected chi connectivity index (χ0v) is 10.9. The quantitative estimate of drug-likeness (QED) is 0.879. The normalized spacial score (nSPS) is 23.4. The van der Waals surface area contributed by atoms with Crippen LogP contribution < -0.4 is 11.1 Å². The van der Waals surface area contributed by atoms with Gasteiger partial charge in [-0.05, 0) is 37.3 Å². The van der Waals surface area contributed by atoms with E-state index in [4.69, 9.17) is 5.73 Å². The van der Waals surface area contributed by atoms with Crippen molar-refractivity contribution in [3.8, 4) is 0 Å². The summed E-state index contributed by atoms with van der Waals surface area (Å²) in [6, 6.07) is 8.12. The number of rotatable bonds is 3. The molecule has 19 heavy (non-hydrogen) atoms. The first-order valence-electron chi connectivity index (χ1n) is 6.90. The maximum atomic E-state index is 6.00. The number of anilines is 1. The molecule has 0 spiro atoms. The topological polar surface area (TPSA) is 76.7 Å². The number of nitrogens with two attached hydrogens (primary N) is 1. The zero-order chi connectivity index (χ0) is 13.1. The number of nitrogens with zero attached hydrogens (tertiary/aromatic N) is 3. The minimum absolute atomic E-state index is 0.358. The molecule has 100 valence electrons. The lowest BCUT2D eigenvalue weighted by Crippen LogP contribution is -2.31. The first-order valence-corrected chi connectivity index (χ1v) is 6.90. The molecule has 1 saturated carbocycles. The number of benzene rings is 1. The van der Waals surface area contributed by atoms with Crippen molar-refractivity contribution in [1.82, 2.24) is 15.2 Å². The number of fused-ring (bicyclic) bond motifs is 1. The summed E-state index contributed by atoms with van der Waals surface area (Å²) in [6.07, 6.45) is 4.71. The molecule has 3 N–H and O–H groups in total. The number of para-hydroxylation sites is 1. The maximum absolute atomic E-state index is 6.00. The van der Waals surface area contributed by atoms with E-state index in [0.717, 1.165) is 30.4 Å². The Labute approximate surface area is 112 Å². The second-order valence-electron chi connectivity index (χ2n) is 5.30. The summed E-state index contributed by atoms with van der Waals surface area (Å²) in [6.45, 7) is 0.883.